The number of anilines is 1. The zero-order valence-corrected chi connectivity index (χ0v) is 19.0. The molecule has 0 aliphatic rings. The van der Waals surface area contributed by atoms with Crippen LogP contribution in [0.1, 0.15) is 16.2 Å². The Kier molecular flexibility index (Phi) is 6.66. The molecule has 2 heterocycles. The van der Waals surface area contributed by atoms with Crippen molar-refractivity contribution in [2.24, 2.45) is 7.05 Å². The quantitative estimate of drug-likeness (QED) is 0.382. The summed E-state index contributed by atoms with van der Waals surface area (Å²) in [5.41, 5.74) is 1.30. The fourth-order valence-electron chi connectivity index (χ4n) is 2.92. The van der Waals surface area contributed by atoms with Crippen LogP contribution in [0.5, 0.6) is 5.75 Å². The van der Waals surface area contributed by atoms with Gasteiger partial charge in [-0.3, -0.25) is 9.59 Å². The largest absolute Gasteiger partial charge is 0.496 e. The van der Waals surface area contributed by atoms with E-state index in [1.54, 1.807) is 35.9 Å². The smallest absolute Gasteiger partial charge is 0.255 e. The summed E-state index contributed by atoms with van der Waals surface area (Å²) >= 11 is 2.69. The van der Waals surface area contributed by atoms with Gasteiger partial charge >= 0.3 is 0 Å². The minimum atomic E-state index is -0.269. The fraction of sp³-hybridized carbons (Fsp3) is 0.190. The third kappa shape index (κ3) is 4.89. The second-order valence-corrected chi connectivity index (χ2v) is 8.64. The second-order valence-electron chi connectivity index (χ2n) is 6.66. The molecule has 4 aromatic rings. The van der Waals surface area contributed by atoms with Gasteiger partial charge in [-0.15, -0.1) is 10.2 Å². The van der Waals surface area contributed by atoms with Crippen LogP contribution in [0.4, 0.5) is 5.13 Å². The number of hydrogen-bond donors (Lipinski definition) is 2. The molecule has 0 aliphatic carbocycles. The zero-order chi connectivity index (χ0) is 22.5. The number of aromatic nitrogens is 4. The van der Waals surface area contributed by atoms with E-state index in [0.717, 1.165) is 10.2 Å². The van der Waals surface area contributed by atoms with E-state index in [1.807, 2.05) is 24.3 Å². The molecule has 0 unspecified atom stereocenters. The number of nitrogens with one attached hydrogen (secondary N) is 2. The normalized spacial score (nSPS) is 10.8. The van der Waals surface area contributed by atoms with Gasteiger partial charge in [0.05, 0.1) is 35.2 Å². The van der Waals surface area contributed by atoms with Crippen molar-refractivity contribution in [1.82, 2.24) is 25.1 Å². The van der Waals surface area contributed by atoms with Crippen molar-refractivity contribution in [3.63, 3.8) is 0 Å². The Bertz CT molecular complexity index is 1240. The van der Waals surface area contributed by atoms with Gasteiger partial charge in [0.15, 0.2) is 16.1 Å². The Labute approximate surface area is 192 Å². The first-order chi connectivity index (χ1) is 15.5. The molecule has 164 valence electrons. The maximum absolute atomic E-state index is 12.5. The lowest BCUT2D eigenvalue weighted by Gasteiger charge is -2.09. The van der Waals surface area contributed by atoms with Gasteiger partial charge in [-0.1, -0.05) is 47.4 Å². The number of amides is 2. The van der Waals surface area contributed by atoms with Crippen LogP contribution in [-0.2, 0) is 18.4 Å². The van der Waals surface area contributed by atoms with Crippen molar-refractivity contribution in [3.8, 4) is 5.75 Å². The van der Waals surface area contributed by atoms with Crippen LogP contribution in [0.2, 0.25) is 0 Å². The standard InChI is InChI=1S/C21H20N6O3S2/c1-27-17(11-22-19(29)13-7-3-5-9-15(13)30-2)25-26-21(27)31-12-18(28)24-20-23-14-8-4-6-10-16(14)32-20/h3-10H,11-12H2,1-2H3,(H,22,29)(H,23,24,28). The van der Waals surface area contributed by atoms with Crippen molar-refractivity contribution in [2.45, 2.75) is 11.7 Å². The molecule has 0 spiro atoms. The molecule has 4 rings (SSSR count). The van der Waals surface area contributed by atoms with E-state index in [2.05, 4.69) is 25.8 Å². The van der Waals surface area contributed by atoms with Gasteiger partial charge < -0.3 is 19.9 Å². The first-order valence-electron chi connectivity index (χ1n) is 9.63. The van der Waals surface area contributed by atoms with Crippen LogP contribution in [0.3, 0.4) is 0 Å². The molecule has 2 N–H and O–H groups in total. The average Bonchev–Trinajstić information content (AvgIpc) is 3.38. The highest BCUT2D eigenvalue weighted by molar-refractivity contribution is 7.99. The molecule has 2 amide bonds. The number of para-hydroxylation sites is 2. The molecule has 9 nitrogen and oxygen atoms in total. The van der Waals surface area contributed by atoms with E-state index in [0.29, 0.717) is 27.4 Å². The number of rotatable bonds is 8. The molecule has 0 saturated heterocycles. The van der Waals surface area contributed by atoms with E-state index in [4.69, 9.17) is 4.74 Å². The highest BCUT2D eigenvalue weighted by atomic mass is 32.2. The minimum Gasteiger partial charge on any atom is -0.496 e. The number of methoxy groups -OCH3 is 1. The fourth-order valence-corrected chi connectivity index (χ4v) is 4.53. The summed E-state index contributed by atoms with van der Waals surface area (Å²) in [6.45, 7) is 0.193. The Morgan fingerprint density at radius 3 is 2.72 bits per heavy atom. The summed E-state index contributed by atoms with van der Waals surface area (Å²) in [5.74, 6) is 0.786. The first-order valence-corrected chi connectivity index (χ1v) is 11.4. The summed E-state index contributed by atoms with van der Waals surface area (Å²) in [6, 6.07) is 14.7. The predicted octanol–water partition coefficient (Wildman–Crippen LogP) is 3.09. The number of benzene rings is 2. The van der Waals surface area contributed by atoms with E-state index < -0.39 is 0 Å². The zero-order valence-electron chi connectivity index (χ0n) is 17.4. The van der Waals surface area contributed by atoms with Crippen molar-refractivity contribution in [2.75, 3.05) is 18.2 Å². The number of hydrogen-bond acceptors (Lipinski definition) is 8. The number of fused-ring (bicyclic) bond motifs is 1. The Hall–Kier alpha value is -3.44. The van der Waals surface area contributed by atoms with Crippen LogP contribution in [0.25, 0.3) is 10.2 Å². The van der Waals surface area contributed by atoms with E-state index in [9.17, 15) is 9.59 Å². The summed E-state index contributed by atoms with van der Waals surface area (Å²) in [6.07, 6.45) is 0. The predicted molar refractivity (Wildman–Crippen MR) is 124 cm³/mol. The molecule has 32 heavy (non-hydrogen) atoms. The number of nitrogens with zero attached hydrogens (tertiary/aromatic N) is 4. The summed E-state index contributed by atoms with van der Waals surface area (Å²) in [7, 11) is 3.31. The number of thiazole rings is 1. The molecule has 0 saturated carbocycles. The lowest BCUT2D eigenvalue weighted by Crippen LogP contribution is -2.25. The van der Waals surface area contributed by atoms with Crippen LogP contribution in [0, 0.1) is 0 Å². The van der Waals surface area contributed by atoms with Gasteiger partial charge in [0.1, 0.15) is 5.75 Å². The van der Waals surface area contributed by atoms with Crippen LogP contribution in [0.15, 0.2) is 53.7 Å². The number of carbonyl (C=O) groups excluding carboxylic acids is 2. The molecular formula is C21H20N6O3S2. The lowest BCUT2D eigenvalue weighted by molar-refractivity contribution is -0.113. The third-order valence-electron chi connectivity index (χ3n) is 4.56. The molecule has 0 radical (unpaired) electrons. The number of thioether (sulfide) groups is 1. The van der Waals surface area contributed by atoms with Crippen LogP contribution in [-0.4, -0.2) is 44.4 Å². The summed E-state index contributed by atoms with van der Waals surface area (Å²) in [5, 5.41) is 15.0. The summed E-state index contributed by atoms with van der Waals surface area (Å²) < 4.78 is 7.99. The van der Waals surface area contributed by atoms with Crippen molar-refractivity contribution < 1.29 is 14.3 Å². The van der Waals surface area contributed by atoms with E-state index in [1.165, 1.54) is 30.2 Å². The Balaban J connectivity index is 1.31. The van der Waals surface area contributed by atoms with Crippen molar-refractivity contribution in [1.29, 1.82) is 0 Å². The molecule has 2 aromatic heterocycles. The molecule has 2 aromatic carbocycles. The average molecular weight is 469 g/mol. The Morgan fingerprint density at radius 1 is 1.12 bits per heavy atom. The number of ether oxygens (including phenoxy) is 1. The monoisotopic (exact) mass is 468 g/mol. The van der Waals surface area contributed by atoms with Crippen LogP contribution >= 0.6 is 23.1 Å². The lowest BCUT2D eigenvalue weighted by atomic mass is 10.2. The van der Waals surface area contributed by atoms with Gasteiger partial charge in [0, 0.05) is 7.05 Å². The SMILES string of the molecule is COc1ccccc1C(=O)NCc1nnc(SCC(=O)Nc2nc3ccccc3s2)n1C. The Morgan fingerprint density at radius 2 is 1.91 bits per heavy atom. The first kappa shape index (κ1) is 21.8. The van der Waals surface area contributed by atoms with Gasteiger partial charge in [0.2, 0.25) is 5.91 Å². The second kappa shape index (κ2) is 9.79. The molecular weight excluding hydrogens is 448 g/mol. The summed E-state index contributed by atoms with van der Waals surface area (Å²) in [4.78, 5) is 29.2. The van der Waals surface area contributed by atoms with Crippen LogP contribution < -0.4 is 15.4 Å². The van der Waals surface area contributed by atoms with E-state index >= 15 is 0 Å². The van der Waals surface area contributed by atoms with Crippen molar-refractivity contribution in [3.05, 3.63) is 59.9 Å². The minimum absolute atomic E-state index is 0.162. The maximum Gasteiger partial charge on any atom is 0.255 e. The third-order valence-corrected chi connectivity index (χ3v) is 6.53. The van der Waals surface area contributed by atoms with Gasteiger partial charge in [-0.25, -0.2) is 4.98 Å². The van der Waals surface area contributed by atoms with Gasteiger partial charge in [0.25, 0.3) is 5.91 Å². The molecule has 0 atom stereocenters. The van der Waals surface area contributed by atoms with E-state index in [-0.39, 0.29) is 24.1 Å². The maximum atomic E-state index is 12.5. The molecule has 11 heteroatoms. The van der Waals surface area contributed by atoms with Gasteiger partial charge in [-0.2, -0.15) is 0 Å². The molecule has 0 aliphatic heterocycles. The van der Waals surface area contributed by atoms with Crippen molar-refractivity contribution >= 4 is 50.3 Å². The number of carbonyl (C=O) groups is 2. The topological polar surface area (TPSA) is 111 Å². The highest BCUT2D eigenvalue weighted by Gasteiger charge is 2.15. The highest BCUT2D eigenvalue weighted by Crippen LogP contribution is 2.26. The van der Waals surface area contributed by atoms with Gasteiger partial charge in [-0.05, 0) is 24.3 Å². The molecule has 0 fully saturated rings. The molecule has 0 bridgehead atoms.